The zero-order valence-electron chi connectivity index (χ0n) is 15.5. The van der Waals surface area contributed by atoms with Gasteiger partial charge >= 0.3 is 11.9 Å². The van der Waals surface area contributed by atoms with Crippen molar-refractivity contribution in [3.05, 3.63) is 35.4 Å². The lowest BCUT2D eigenvalue weighted by Gasteiger charge is -2.32. The van der Waals surface area contributed by atoms with Crippen molar-refractivity contribution in [1.82, 2.24) is 4.90 Å². The molecule has 0 aliphatic carbocycles. The molecular weight excluding hydrogens is 352 g/mol. The van der Waals surface area contributed by atoms with Crippen molar-refractivity contribution in [2.45, 2.75) is 32.8 Å². The van der Waals surface area contributed by atoms with E-state index in [1.807, 2.05) is 0 Å². The smallest absolute Gasteiger partial charge is 0.338 e. The molecule has 146 valence electrons. The van der Waals surface area contributed by atoms with E-state index >= 15 is 0 Å². The minimum Gasteiger partial charge on any atom is -0.466 e. The number of hydrogen-bond acceptors (Lipinski definition) is 6. The van der Waals surface area contributed by atoms with Gasteiger partial charge in [-0.25, -0.2) is 4.79 Å². The first-order valence-corrected chi connectivity index (χ1v) is 8.89. The van der Waals surface area contributed by atoms with Gasteiger partial charge in [-0.15, -0.1) is 0 Å². The Morgan fingerprint density at radius 1 is 1.11 bits per heavy atom. The molecule has 1 heterocycles. The van der Waals surface area contributed by atoms with Crippen LogP contribution >= 0.6 is 0 Å². The number of likely N-dealkylation sites (tertiary alicyclic amines) is 1. The van der Waals surface area contributed by atoms with E-state index in [9.17, 15) is 19.2 Å². The fraction of sp³-hybridized carbons (Fsp3) is 0.474. The van der Waals surface area contributed by atoms with E-state index in [0.717, 1.165) is 0 Å². The average Bonchev–Trinajstić information content (AvgIpc) is 2.67. The van der Waals surface area contributed by atoms with Crippen molar-refractivity contribution >= 4 is 23.8 Å². The van der Waals surface area contributed by atoms with Gasteiger partial charge in [0, 0.05) is 18.7 Å². The molecule has 0 spiro atoms. The van der Waals surface area contributed by atoms with Crippen molar-refractivity contribution in [3.63, 3.8) is 0 Å². The highest BCUT2D eigenvalue weighted by molar-refractivity contribution is 5.96. The van der Waals surface area contributed by atoms with E-state index in [1.54, 1.807) is 11.8 Å². The SMILES string of the molecule is CCOC(=O)C1CCN(C(=O)C(C)OC(=O)c2ccc(C(N)=O)cc2)CC1. The predicted octanol–water partition coefficient (Wildman–Crippen LogP) is 1.13. The van der Waals surface area contributed by atoms with E-state index in [-0.39, 0.29) is 28.9 Å². The van der Waals surface area contributed by atoms with Gasteiger partial charge in [0.2, 0.25) is 5.91 Å². The summed E-state index contributed by atoms with van der Waals surface area (Å²) in [6.07, 6.45) is 0.104. The lowest BCUT2D eigenvalue weighted by atomic mass is 9.97. The highest BCUT2D eigenvalue weighted by Gasteiger charge is 2.31. The second-order valence-corrected chi connectivity index (χ2v) is 6.34. The number of hydrogen-bond donors (Lipinski definition) is 1. The fourth-order valence-electron chi connectivity index (χ4n) is 2.90. The monoisotopic (exact) mass is 376 g/mol. The molecule has 27 heavy (non-hydrogen) atoms. The van der Waals surface area contributed by atoms with E-state index in [4.69, 9.17) is 15.2 Å². The van der Waals surface area contributed by atoms with Crippen molar-refractivity contribution in [2.24, 2.45) is 11.7 Å². The van der Waals surface area contributed by atoms with Gasteiger partial charge in [0.05, 0.1) is 18.1 Å². The minimum absolute atomic E-state index is 0.198. The largest absolute Gasteiger partial charge is 0.466 e. The molecule has 8 nitrogen and oxygen atoms in total. The highest BCUT2D eigenvalue weighted by Crippen LogP contribution is 2.20. The molecule has 2 amide bonds. The summed E-state index contributed by atoms with van der Waals surface area (Å²) in [6.45, 7) is 4.43. The molecule has 0 bridgehead atoms. The van der Waals surface area contributed by atoms with Gasteiger partial charge < -0.3 is 20.1 Å². The van der Waals surface area contributed by atoms with Crippen LogP contribution in [-0.2, 0) is 19.1 Å². The van der Waals surface area contributed by atoms with Crippen molar-refractivity contribution in [1.29, 1.82) is 0 Å². The zero-order valence-corrected chi connectivity index (χ0v) is 15.5. The van der Waals surface area contributed by atoms with Crippen LogP contribution in [-0.4, -0.2) is 54.5 Å². The summed E-state index contributed by atoms with van der Waals surface area (Å²) in [5, 5.41) is 0. The molecule has 8 heteroatoms. The normalized spacial score (nSPS) is 15.7. The second-order valence-electron chi connectivity index (χ2n) is 6.34. The Balaban J connectivity index is 1.87. The van der Waals surface area contributed by atoms with Crippen LogP contribution in [0, 0.1) is 5.92 Å². The molecular formula is C19H24N2O6. The summed E-state index contributed by atoms with van der Waals surface area (Å²) in [5.41, 5.74) is 5.65. The van der Waals surface area contributed by atoms with E-state index in [0.29, 0.717) is 32.5 Å². The summed E-state index contributed by atoms with van der Waals surface area (Å²) in [7, 11) is 0. The molecule has 1 aromatic rings. The third-order valence-electron chi connectivity index (χ3n) is 4.46. The van der Waals surface area contributed by atoms with Gasteiger partial charge in [-0.2, -0.15) is 0 Å². The Kier molecular flexibility index (Phi) is 6.92. The van der Waals surface area contributed by atoms with E-state index in [2.05, 4.69) is 0 Å². The van der Waals surface area contributed by atoms with Gasteiger partial charge in [0.25, 0.3) is 5.91 Å². The van der Waals surface area contributed by atoms with Gasteiger partial charge in [-0.05, 0) is 51.0 Å². The van der Waals surface area contributed by atoms with Gasteiger partial charge in [0.15, 0.2) is 6.10 Å². The highest BCUT2D eigenvalue weighted by atomic mass is 16.5. The third kappa shape index (κ3) is 5.29. The number of benzene rings is 1. The zero-order chi connectivity index (χ0) is 20.0. The van der Waals surface area contributed by atoms with Crippen molar-refractivity contribution in [3.8, 4) is 0 Å². The molecule has 0 radical (unpaired) electrons. The number of nitrogens with two attached hydrogens (primary N) is 1. The van der Waals surface area contributed by atoms with Crippen LogP contribution in [0.2, 0.25) is 0 Å². The van der Waals surface area contributed by atoms with Gasteiger partial charge in [0.1, 0.15) is 0 Å². The Morgan fingerprint density at radius 2 is 1.67 bits per heavy atom. The summed E-state index contributed by atoms with van der Waals surface area (Å²) in [5.74, 6) is -1.99. The maximum atomic E-state index is 12.5. The number of nitrogens with zero attached hydrogens (tertiary/aromatic N) is 1. The lowest BCUT2D eigenvalue weighted by molar-refractivity contribution is -0.152. The molecule has 1 saturated heterocycles. The summed E-state index contributed by atoms with van der Waals surface area (Å²) in [4.78, 5) is 49.0. The molecule has 2 rings (SSSR count). The third-order valence-corrected chi connectivity index (χ3v) is 4.46. The number of primary amides is 1. The number of carbonyl (C=O) groups is 4. The number of amides is 2. The maximum Gasteiger partial charge on any atom is 0.338 e. The number of esters is 2. The predicted molar refractivity (Wildman–Crippen MR) is 95.8 cm³/mol. The van der Waals surface area contributed by atoms with Gasteiger partial charge in [-0.3, -0.25) is 14.4 Å². The van der Waals surface area contributed by atoms with Crippen LogP contribution in [0.5, 0.6) is 0 Å². The van der Waals surface area contributed by atoms with Crippen molar-refractivity contribution in [2.75, 3.05) is 19.7 Å². The minimum atomic E-state index is -0.951. The Hall–Kier alpha value is -2.90. The maximum absolute atomic E-state index is 12.5. The molecule has 1 aliphatic heterocycles. The molecule has 0 aromatic heterocycles. The number of rotatable bonds is 6. The summed E-state index contributed by atoms with van der Waals surface area (Å²) >= 11 is 0. The fourth-order valence-corrected chi connectivity index (χ4v) is 2.90. The Bertz CT molecular complexity index is 707. The van der Waals surface area contributed by atoms with Crippen molar-refractivity contribution < 1.29 is 28.7 Å². The molecule has 1 atom stereocenters. The molecule has 1 unspecified atom stereocenters. The summed E-state index contributed by atoms with van der Waals surface area (Å²) < 4.78 is 10.2. The van der Waals surface area contributed by atoms with Gasteiger partial charge in [-0.1, -0.05) is 0 Å². The Labute approximate surface area is 157 Å². The quantitative estimate of drug-likeness (QED) is 0.744. The number of ether oxygens (including phenoxy) is 2. The Morgan fingerprint density at radius 3 is 2.19 bits per heavy atom. The van der Waals surface area contributed by atoms with Crippen LogP contribution in [0.4, 0.5) is 0 Å². The lowest BCUT2D eigenvalue weighted by Crippen LogP contribution is -2.45. The second kappa shape index (κ2) is 9.16. The first kappa shape index (κ1) is 20.4. The van der Waals surface area contributed by atoms with E-state index < -0.39 is 18.0 Å². The molecule has 1 fully saturated rings. The van der Waals surface area contributed by atoms with Crippen LogP contribution < -0.4 is 5.73 Å². The molecule has 1 aromatic carbocycles. The first-order valence-electron chi connectivity index (χ1n) is 8.89. The van der Waals surface area contributed by atoms with Crippen LogP contribution in [0.25, 0.3) is 0 Å². The molecule has 2 N–H and O–H groups in total. The van der Waals surface area contributed by atoms with Crippen LogP contribution in [0.15, 0.2) is 24.3 Å². The van der Waals surface area contributed by atoms with E-state index in [1.165, 1.54) is 31.2 Å². The first-order chi connectivity index (χ1) is 12.8. The topological polar surface area (TPSA) is 116 Å². The molecule has 0 saturated carbocycles. The number of carbonyl (C=O) groups excluding carboxylic acids is 4. The summed E-state index contributed by atoms with van der Waals surface area (Å²) in [6, 6.07) is 5.69. The number of piperidine rings is 1. The van der Waals surface area contributed by atoms with Crippen LogP contribution in [0.1, 0.15) is 47.4 Å². The van der Waals surface area contributed by atoms with Crippen LogP contribution in [0.3, 0.4) is 0 Å². The molecule has 1 aliphatic rings. The standard InChI is InChI=1S/C19H24N2O6/c1-3-26-18(24)15-8-10-21(11-9-15)17(23)12(2)27-19(25)14-6-4-13(5-7-14)16(20)22/h4-7,12,15H,3,8-11H2,1-2H3,(H2,20,22). The average molecular weight is 376 g/mol.